The number of aliphatic carboxylic acids is 1. The minimum absolute atomic E-state index is 0.0911. The van der Waals surface area contributed by atoms with Gasteiger partial charge in [-0.1, -0.05) is 5.92 Å². The molecule has 1 amide bonds. The first-order chi connectivity index (χ1) is 5.63. The molecule has 2 N–H and O–H groups in total. The first-order valence-electron chi connectivity index (χ1n) is 3.58. The van der Waals surface area contributed by atoms with Crippen LogP contribution in [0.5, 0.6) is 0 Å². The number of carbonyl (C=O) groups is 2. The molecule has 4 nitrogen and oxygen atoms in total. The topological polar surface area (TPSA) is 66.4 Å². The largest absolute Gasteiger partial charge is 0.480 e. The van der Waals surface area contributed by atoms with Crippen LogP contribution in [0, 0.1) is 17.8 Å². The van der Waals surface area contributed by atoms with Crippen LogP contribution in [-0.2, 0) is 9.59 Å². The Bertz CT molecular complexity index is 260. The van der Waals surface area contributed by atoms with Crippen LogP contribution in [0.15, 0.2) is 0 Å². The van der Waals surface area contributed by atoms with Gasteiger partial charge in [-0.2, -0.15) is 0 Å². The second kappa shape index (κ2) is 2.86. The third-order valence-electron chi connectivity index (χ3n) is 1.95. The lowest BCUT2D eigenvalue weighted by atomic mass is 10.1. The Morgan fingerprint density at radius 3 is 2.50 bits per heavy atom. The van der Waals surface area contributed by atoms with Crippen molar-refractivity contribution in [2.24, 2.45) is 5.41 Å². The summed E-state index contributed by atoms with van der Waals surface area (Å²) in [6.07, 6.45) is 5.74. The van der Waals surface area contributed by atoms with Gasteiger partial charge in [-0.15, -0.1) is 6.42 Å². The number of nitrogens with one attached hydrogen (secondary N) is 1. The van der Waals surface area contributed by atoms with Gasteiger partial charge in [-0.3, -0.25) is 9.59 Å². The molecule has 0 unspecified atom stereocenters. The van der Waals surface area contributed by atoms with E-state index in [-0.39, 0.29) is 6.54 Å². The average molecular weight is 167 g/mol. The van der Waals surface area contributed by atoms with Crippen LogP contribution in [0.1, 0.15) is 12.8 Å². The summed E-state index contributed by atoms with van der Waals surface area (Å²) in [5, 5.41) is 11.0. The molecule has 1 aliphatic rings. The van der Waals surface area contributed by atoms with E-state index in [0.29, 0.717) is 12.8 Å². The lowest BCUT2D eigenvalue weighted by Crippen LogP contribution is -2.37. The molecule has 0 radical (unpaired) electrons. The maximum absolute atomic E-state index is 11.1. The Morgan fingerprint density at radius 1 is 1.58 bits per heavy atom. The third-order valence-corrected chi connectivity index (χ3v) is 1.95. The van der Waals surface area contributed by atoms with Gasteiger partial charge in [-0.25, -0.2) is 0 Å². The van der Waals surface area contributed by atoms with E-state index in [9.17, 15) is 9.59 Å². The molecule has 0 heterocycles. The molecule has 12 heavy (non-hydrogen) atoms. The van der Waals surface area contributed by atoms with Crippen molar-refractivity contribution in [2.75, 3.05) is 6.54 Å². The minimum Gasteiger partial charge on any atom is -0.480 e. The van der Waals surface area contributed by atoms with Crippen LogP contribution in [-0.4, -0.2) is 23.5 Å². The van der Waals surface area contributed by atoms with Crippen molar-refractivity contribution < 1.29 is 14.7 Å². The summed E-state index contributed by atoms with van der Waals surface area (Å²) in [7, 11) is 0. The van der Waals surface area contributed by atoms with Crippen molar-refractivity contribution in [1.29, 1.82) is 0 Å². The summed E-state index contributed by atoms with van der Waals surface area (Å²) >= 11 is 0. The van der Waals surface area contributed by atoms with Crippen LogP contribution in [0.4, 0.5) is 0 Å². The molecular formula is C8H9NO3. The standard InChI is InChI=1S/C8H9NO3/c1-2-5-9-6(10)8(3-4-8)7(11)12/h1H,3-5H2,(H,9,10)(H,11,12). The zero-order chi connectivity index (χ0) is 9.19. The van der Waals surface area contributed by atoms with Crippen molar-refractivity contribution in [2.45, 2.75) is 12.8 Å². The molecule has 0 aromatic rings. The second-order valence-corrected chi connectivity index (χ2v) is 2.77. The maximum atomic E-state index is 11.1. The number of hydrogen-bond acceptors (Lipinski definition) is 2. The molecule has 0 spiro atoms. The molecule has 0 saturated heterocycles. The summed E-state index contributed by atoms with van der Waals surface area (Å²) in [5.74, 6) is 0.689. The van der Waals surface area contributed by atoms with E-state index >= 15 is 0 Å². The zero-order valence-electron chi connectivity index (χ0n) is 6.46. The Morgan fingerprint density at radius 2 is 2.17 bits per heavy atom. The Labute approximate surface area is 70.0 Å². The number of rotatable bonds is 3. The zero-order valence-corrected chi connectivity index (χ0v) is 6.46. The highest BCUT2D eigenvalue weighted by Crippen LogP contribution is 2.45. The molecule has 0 atom stereocenters. The molecular weight excluding hydrogens is 158 g/mol. The Balaban J connectivity index is 2.53. The molecule has 1 saturated carbocycles. The van der Waals surface area contributed by atoms with Crippen molar-refractivity contribution >= 4 is 11.9 Å². The predicted molar refractivity (Wildman–Crippen MR) is 41.1 cm³/mol. The van der Waals surface area contributed by atoms with E-state index in [1.807, 2.05) is 0 Å². The highest BCUT2D eigenvalue weighted by atomic mass is 16.4. The van der Waals surface area contributed by atoms with E-state index < -0.39 is 17.3 Å². The number of carbonyl (C=O) groups excluding carboxylic acids is 1. The van der Waals surface area contributed by atoms with Gasteiger partial charge in [0.1, 0.15) is 5.41 Å². The fourth-order valence-electron chi connectivity index (χ4n) is 0.964. The Kier molecular flexibility index (Phi) is 2.05. The summed E-state index contributed by atoms with van der Waals surface area (Å²) < 4.78 is 0. The number of hydrogen-bond donors (Lipinski definition) is 2. The van der Waals surface area contributed by atoms with Crippen molar-refractivity contribution in [1.82, 2.24) is 5.32 Å². The molecule has 0 aliphatic heterocycles. The van der Waals surface area contributed by atoms with Crippen LogP contribution < -0.4 is 5.32 Å². The predicted octanol–water partition coefficient (Wildman–Crippen LogP) is -0.399. The second-order valence-electron chi connectivity index (χ2n) is 2.77. The van der Waals surface area contributed by atoms with Gasteiger partial charge in [-0.05, 0) is 12.8 Å². The van der Waals surface area contributed by atoms with Gasteiger partial charge in [0.15, 0.2) is 0 Å². The van der Waals surface area contributed by atoms with Crippen LogP contribution in [0.2, 0.25) is 0 Å². The van der Waals surface area contributed by atoms with E-state index in [1.54, 1.807) is 0 Å². The maximum Gasteiger partial charge on any atom is 0.319 e. The van der Waals surface area contributed by atoms with Crippen LogP contribution in [0.3, 0.4) is 0 Å². The normalized spacial score (nSPS) is 17.6. The van der Waals surface area contributed by atoms with E-state index in [2.05, 4.69) is 11.2 Å². The lowest BCUT2D eigenvalue weighted by Gasteiger charge is -2.07. The number of carboxylic acid groups (broad SMARTS) is 1. The summed E-state index contributed by atoms with van der Waals surface area (Å²) in [4.78, 5) is 21.7. The number of amides is 1. The molecule has 4 heteroatoms. The van der Waals surface area contributed by atoms with E-state index in [1.165, 1.54) is 0 Å². The van der Waals surface area contributed by atoms with E-state index in [4.69, 9.17) is 11.5 Å². The fourth-order valence-corrected chi connectivity index (χ4v) is 0.964. The monoisotopic (exact) mass is 167 g/mol. The first kappa shape index (κ1) is 8.60. The summed E-state index contributed by atoms with van der Waals surface area (Å²) in [6.45, 7) is 0.0911. The van der Waals surface area contributed by atoms with Crippen molar-refractivity contribution in [3.8, 4) is 12.3 Å². The van der Waals surface area contributed by atoms with Crippen LogP contribution >= 0.6 is 0 Å². The summed E-state index contributed by atoms with van der Waals surface area (Å²) in [6, 6.07) is 0. The molecule has 0 bridgehead atoms. The third kappa shape index (κ3) is 1.26. The molecule has 0 aromatic heterocycles. The molecule has 0 aromatic carbocycles. The van der Waals surface area contributed by atoms with Crippen molar-refractivity contribution in [3.05, 3.63) is 0 Å². The molecule has 1 aliphatic carbocycles. The van der Waals surface area contributed by atoms with Crippen LogP contribution in [0.25, 0.3) is 0 Å². The number of terminal acetylenes is 1. The Hall–Kier alpha value is -1.50. The van der Waals surface area contributed by atoms with Gasteiger partial charge in [0.05, 0.1) is 6.54 Å². The highest BCUT2D eigenvalue weighted by Gasteiger charge is 2.56. The summed E-state index contributed by atoms with van der Waals surface area (Å²) in [5.41, 5.74) is -1.17. The van der Waals surface area contributed by atoms with Gasteiger partial charge in [0, 0.05) is 0 Å². The number of carboxylic acids is 1. The fraction of sp³-hybridized carbons (Fsp3) is 0.500. The average Bonchev–Trinajstić information content (AvgIpc) is 2.80. The molecule has 1 fully saturated rings. The van der Waals surface area contributed by atoms with Gasteiger partial charge >= 0.3 is 5.97 Å². The van der Waals surface area contributed by atoms with E-state index in [0.717, 1.165) is 0 Å². The SMILES string of the molecule is C#CCNC(=O)C1(C(=O)O)CC1. The van der Waals surface area contributed by atoms with Gasteiger partial charge < -0.3 is 10.4 Å². The first-order valence-corrected chi connectivity index (χ1v) is 3.58. The minimum atomic E-state index is -1.17. The van der Waals surface area contributed by atoms with Gasteiger partial charge in [0.25, 0.3) is 0 Å². The molecule has 1 rings (SSSR count). The lowest BCUT2D eigenvalue weighted by molar-refractivity contribution is -0.148. The smallest absolute Gasteiger partial charge is 0.319 e. The molecule has 64 valence electrons. The van der Waals surface area contributed by atoms with Crippen molar-refractivity contribution in [3.63, 3.8) is 0 Å². The van der Waals surface area contributed by atoms with Gasteiger partial charge in [0.2, 0.25) is 5.91 Å². The quantitative estimate of drug-likeness (QED) is 0.444. The highest BCUT2D eigenvalue weighted by molar-refractivity contribution is 6.04.